The van der Waals surface area contributed by atoms with Crippen molar-refractivity contribution in [3.8, 4) is 0 Å². The first-order valence-corrected chi connectivity index (χ1v) is 10.7. The maximum Gasteiger partial charge on any atom is 0.320 e. The van der Waals surface area contributed by atoms with Crippen LogP contribution in [-0.4, -0.2) is 44.9 Å². The molecule has 0 saturated heterocycles. The van der Waals surface area contributed by atoms with Crippen molar-refractivity contribution in [2.75, 3.05) is 25.0 Å². The van der Waals surface area contributed by atoms with Crippen molar-refractivity contribution in [1.82, 2.24) is 4.90 Å². The highest BCUT2D eigenvalue weighted by molar-refractivity contribution is 7.89. The highest BCUT2D eigenvalue weighted by Gasteiger charge is 2.14. The van der Waals surface area contributed by atoms with Gasteiger partial charge in [-0.2, -0.15) is 0 Å². The minimum Gasteiger partial charge on any atom is -0.465 e. The summed E-state index contributed by atoms with van der Waals surface area (Å²) in [5.41, 5.74) is 1.48. The van der Waals surface area contributed by atoms with E-state index in [0.717, 1.165) is 5.56 Å². The third-order valence-electron chi connectivity index (χ3n) is 4.03. The molecule has 0 spiro atoms. The predicted molar refractivity (Wildman–Crippen MR) is 109 cm³/mol. The van der Waals surface area contributed by atoms with E-state index >= 15 is 0 Å². The molecule has 0 heterocycles. The average molecular weight is 420 g/mol. The molecule has 0 radical (unpaired) electrons. The first-order valence-electron chi connectivity index (χ1n) is 9.12. The number of sulfonamides is 1. The molecule has 0 fully saturated rings. The lowest BCUT2D eigenvalue weighted by atomic mass is 10.2. The van der Waals surface area contributed by atoms with Crippen molar-refractivity contribution in [3.05, 3.63) is 60.2 Å². The van der Waals surface area contributed by atoms with Crippen LogP contribution in [0.1, 0.15) is 18.9 Å². The van der Waals surface area contributed by atoms with E-state index in [4.69, 9.17) is 9.88 Å². The number of primary sulfonamides is 1. The zero-order valence-electron chi connectivity index (χ0n) is 16.2. The van der Waals surface area contributed by atoms with Gasteiger partial charge < -0.3 is 10.1 Å². The van der Waals surface area contributed by atoms with Gasteiger partial charge in [-0.05, 0) is 36.8 Å². The Labute approximate surface area is 170 Å². The van der Waals surface area contributed by atoms with Gasteiger partial charge in [0.15, 0.2) is 0 Å². The summed E-state index contributed by atoms with van der Waals surface area (Å²) in [6.45, 7) is 2.99. The Morgan fingerprint density at radius 2 is 1.72 bits per heavy atom. The molecule has 0 aliphatic heterocycles. The number of amides is 1. The zero-order valence-corrected chi connectivity index (χ0v) is 17.0. The van der Waals surface area contributed by atoms with Crippen LogP contribution in [0.5, 0.6) is 0 Å². The van der Waals surface area contributed by atoms with Crippen molar-refractivity contribution < 1.29 is 22.7 Å². The van der Waals surface area contributed by atoms with E-state index in [9.17, 15) is 18.0 Å². The third kappa shape index (κ3) is 8.02. The largest absolute Gasteiger partial charge is 0.465 e. The van der Waals surface area contributed by atoms with Crippen LogP contribution in [0.15, 0.2) is 59.5 Å². The second kappa shape index (κ2) is 10.7. The number of ether oxygens (including phenoxy) is 1. The molecule has 0 unspecified atom stereocenters. The number of benzene rings is 2. The molecular weight excluding hydrogens is 394 g/mol. The van der Waals surface area contributed by atoms with Crippen LogP contribution in [0.25, 0.3) is 0 Å². The van der Waals surface area contributed by atoms with Gasteiger partial charge in [-0.1, -0.05) is 30.3 Å². The molecule has 3 N–H and O–H groups in total. The van der Waals surface area contributed by atoms with Crippen LogP contribution in [0.3, 0.4) is 0 Å². The van der Waals surface area contributed by atoms with E-state index < -0.39 is 10.0 Å². The molecule has 2 aromatic rings. The summed E-state index contributed by atoms with van der Waals surface area (Å²) >= 11 is 0. The average Bonchev–Trinajstić information content (AvgIpc) is 2.67. The van der Waals surface area contributed by atoms with Gasteiger partial charge in [-0.15, -0.1) is 0 Å². The molecular formula is C20H25N3O5S. The van der Waals surface area contributed by atoms with Gasteiger partial charge in [-0.3, -0.25) is 14.5 Å². The number of carbonyl (C=O) groups is 2. The second-order valence-corrected chi connectivity index (χ2v) is 7.93. The van der Waals surface area contributed by atoms with Gasteiger partial charge in [0.25, 0.3) is 0 Å². The number of esters is 1. The summed E-state index contributed by atoms with van der Waals surface area (Å²) in [6, 6.07) is 15.2. The topological polar surface area (TPSA) is 119 Å². The van der Waals surface area contributed by atoms with E-state index in [1.165, 1.54) is 24.3 Å². The van der Waals surface area contributed by atoms with E-state index in [1.54, 1.807) is 6.92 Å². The number of carbonyl (C=O) groups excluding carboxylic acids is 2. The molecule has 2 aromatic carbocycles. The van der Waals surface area contributed by atoms with Crippen molar-refractivity contribution in [3.63, 3.8) is 0 Å². The molecule has 0 bridgehead atoms. The standard InChI is InChI=1S/C20H25N3O5S/c1-2-28-20(25)15-23(14-16-6-4-3-5-7-16)13-12-19(24)22-17-8-10-18(11-9-17)29(21,26)27/h3-11H,2,12-15H2,1H3,(H,22,24)(H2,21,26,27). The van der Waals surface area contributed by atoms with Gasteiger partial charge in [0.1, 0.15) is 0 Å². The van der Waals surface area contributed by atoms with Crippen molar-refractivity contribution in [2.45, 2.75) is 24.8 Å². The Morgan fingerprint density at radius 1 is 1.07 bits per heavy atom. The Kier molecular flexibility index (Phi) is 8.32. The summed E-state index contributed by atoms with van der Waals surface area (Å²) in [6.07, 6.45) is 0.156. The van der Waals surface area contributed by atoms with Gasteiger partial charge in [0.05, 0.1) is 18.0 Å². The van der Waals surface area contributed by atoms with Crippen LogP contribution in [0.4, 0.5) is 5.69 Å². The van der Waals surface area contributed by atoms with E-state index in [1.807, 2.05) is 35.2 Å². The van der Waals surface area contributed by atoms with Crippen molar-refractivity contribution >= 4 is 27.6 Å². The second-order valence-electron chi connectivity index (χ2n) is 6.37. The van der Waals surface area contributed by atoms with E-state index in [2.05, 4.69) is 5.32 Å². The normalized spacial score (nSPS) is 11.3. The van der Waals surface area contributed by atoms with Crippen LogP contribution < -0.4 is 10.5 Å². The molecule has 0 aliphatic rings. The number of rotatable bonds is 10. The maximum absolute atomic E-state index is 12.3. The lowest BCUT2D eigenvalue weighted by molar-refractivity contribution is -0.144. The fourth-order valence-electron chi connectivity index (χ4n) is 2.66. The van der Waals surface area contributed by atoms with Crippen molar-refractivity contribution in [1.29, 1.82) is 0 Å². The lowest BCUT2D eigenvalue weighted by Gasteiger charge is -2.21. The lowest BCUT2D eigenvalue weighted by Crippen LogP contribution is -2.33. The monoisotopic (exact) mass is 419 g/mol. The molecule has 2 rings (SSSR count). The fourth-order valence-corrected chi connectivity index (χ4v) is 3.17. The number of hydrogen-bond acceptors (Lipinski definition) is 6. The fraction of sp³-hybridized carbons (Fsp3) is 0.300. The summed E-state index contributed by atoms with van der Waals surface area (Å²) in [4.78, 5) is 25.9. The highest BCUT2D eigenvalue weighted by Crippen LogP contribution is 2.13. The van der Waals surface area contributed by atoms with Crippen LogP contribution in [0, 0.1) is 0 Å². The molecule has 0 atom stereocenters. The van der Waals surface area contributed by atoms with Crippen LogP contribution in [0.2, 0.25) is 0 Å². The number of nitrogens with two attached hydrogens (primary N) is 1. The summed E-state index contributed by atoms with van der Waals surface area (Å²) in [5, 5.41) is 7.76. The van der Waals surface area contributed by atoms with E-state index in [-0.39, 0.29) is 29.7 Å². The van der Waals surface area contributed by atoms with Crippen LogP contribution in [-0.2, 0) is 30.9 Å². The molecule has 8 nitrogen and oxygen atoms in total. The third-order valence-corrected chi connectivity index (χ3v) is 4.96. The first kappa shape index (κ1) is 22.5. The van der Waals surface area contributed by atoms with E-state index in [0.29, 0.717) is 25.4 Å². The highest BCUT2D eigenvalue weighted by atomic mass is 32.2. The predicted octanol–water partition coefficient (Wildman–Crippen LogP) is 1.73. The molecule has 156 valence electrons. The summed E-state index contributed by atoms with van der Waals surface area (Å²) in [5.74, 6) is -0.599. The van der Waals surface area contributed by atoms with Crippen LogP contribution >= 0.6 is 0 Å². The van der Waals surface area contributed by atoms with Gasteiger partial charge in [-0.25, -0.2) is 13.6 Å². The Bertz CT molecular complexity index is 915. The Balaban J connectivity index is 1.94. The summed E-state index contributed by atoms with van der Waals surface area (Å²) < 4.78 is 27.6. The molecule has 9 heteroatoms. The first-order chi connectivity index (χ1) is 13.8. The molecule has 1 amide bonds. The molecule has 0 aromatic heterocycles. The molecule has 29 heavy (non-hydrogen) atoms. The number of nitrogens with one attached hydrogen (secondary N) is 1. The van der Waals surface area contributed by atoms with Gasteiger partial charge >= 0.3 is 5.97 Å². The minimum absolute atomic E-state index is 0.0287. The summed E-state index contributed by atoms with van der Waals surface area (Å²) in [7, 11) is -3.78. The quantitative estimate of drug-likeness (QED) is 0.566. The van der Waals surface area contributed by atoms with Gasteiger partial charge in [0, 0.05) is 25.2 Å². The Hall–Kier alpha value is -2.75. The minimum atomic E-state index is -3.78. The van der Waals surface area contributed by atoms with Crippen molar-refractivity contribution in [2.24, 2.45) is 5.14 Å². The smallest absolute Gasteiger partial charge is 0.320 e. The number of nitrogens with zero attached hydrogens (tertiary/aromatic N) is 1. The maximum atomic E-state index is 12.3. The number of hydrogen-bond donors (Lipinski definition) is 2. The number of anilines is 1. The van der Waals surface area contributed by atoms with Gasteiger partial charge in [0.2, 0.25) is 15.9 Å². The SMILES string of the molecule is CCOC(=O)CN(CCC(=O)Nc1ccc(S(N)(=O)=O)cc1)Cc1ccccc1. The zero-order chi connectivity index (χ0) is 21.3. The molecule has 0 aliphatic carbocycles. The molecule has 0 saturated carbocycles. The Morgan fingerprint density at radius 3 is 2.31 bits per heavy atom.